The van der Waals surface area contributed by atoms with Crippen LogP contribution < -0.4 is 5.73 Å². The molecule has 3 heteroatoms. The topological polar surface area (TPSA) is 51.8 Å². The second kappa shape index (κ2) is 4.91. The molecule has 88 valence electrons. The minimum absolute atomic E-state index is 0.00833. The Morgan fingerprint density at radius 3 is 2.69 bits per heavy atom. The molecule has 1 aliphatic carbocycles. The molecule has 1 saturated carbocycles. The van der Waals surface area contributed by atoms with E-state index in [1.54, 1.807) is 0 Å². The van der Waals surface area contributed by atoms with Crippen molar-refractivity contribution in [3.05, 3.63) is 23.3 Å². The quantitative estimate of drug-likeness (QED) is 0.828. The maximum absolute atomic E-state index is 6.09. The highest BCUT2D eigenvalue weighted by Gasteiger charge is 2.26. The Morgan fingerprint density at radius 1 is 1.38 bits per heavy atom. The van der Waals surface area contributed by atoms with Crippen LogP contribution in [0.25, 0.3) is 0 Å². The van der Waals surface area contributed by atoms with Crippen LogP contribution in [0.3, 0.4) is 0 Å². The fourth-order valence-corrected chi connectivity index (χ4v) is 1.91. The number of nitrogens with two attached hydrogens (primary N) is 1. The summed E-state index contributed by atoms with van der Waals surface area (Å²) in [4.78, 5) is 9.17. The summed E-state index contributed by atoms with van der Waals surface area (Å²) < 4.78 is 0. The lowest BCUT2D eigenvalue weighted by Crippen LogP contribution is -2.15. The van der Waals surface area contributed by atoms with Gasteiger partial charge in [0.25, 0.3) is 0 Å². The highest BCUT2D eigenvalue weighted by Crippen LogP contribution is 2.39. The summed E-state index contributed by atoms with van der Waals surface area (Å²) in [6, 6.07) is 2.16. The van der Waals surface area contributed by atoms with E-state index >= 15 is 0 Å². The molecule has 1 heterocycles. The van der Waals surface area contributed by atoms with Gasteiger partial charge in [-0.1, -0.05) is 20.3 Å². The highest BCUT2D eigenvalue weighted by atomic mass is 14.9. The van der Waals surface area contributed by atoms with Gasteiger partial charge in [-0.25, -0.2) is 9.97 Å². The monoisotopic (exact) mass is 219 g/mol. The molecule has 3 nitrogen and oxygen atoms in total. The largest absolute Gasteiger partial charge is 0.321 e. The molecule has 0 saturated heterocycles. The van der Waals surface area contributed by atoms with Gasteiger partial charge >= 0.3 is 0 Å². The van der Waals surface area contributed by atoms with Crippen LogP contribution in [-0.4, -0.2) is 9.97 Å². The molecule has 2 rings (SSSR count). The number of aromatic nitrogens is 2. The van der Waals surface area contributed by atoms with Gasteiger partial charge in [0.2, 0.25) is 0 Å². The first-order chi connectivity index (χ1) is 7.74. The second-order valence-electron chi connectivity index (χ2n) is 4.67. The Hall–Kier alpha value is -0.960. The van der Waals surface area contributed by atoms with Crippen molar-refractivity contribution in [3.8, 4) is 0 Å². The van der Waals surface area contributed by atoms with E-state index in [1.165, 1.54) is 18.5 Å². The SMILES string of the molecule is CCCC(N)c1nc(CC)cc(C2CC2)n1. The summed E-state index contributed by atoms with van der Waals surface area (Å²) >= 11 is 0. The number of aryl methyl sites for hydroxylation is 1. The van der Waals surface area contributed by atoms with Gasteiger partial charge in [-0.2, -0.15) is 0 Å². The minimum Gasteiger partial charge on any atom is -0.321 e. The Labute approximate surface area is 97.5 Å². The van der Waals surface area contributed by atoms with Crippen molar-refractivity contribution in [1.82, 2.24) is 9.97 Å². The van der Waals surface area contributed by atoms with Crippen molar-refractivity contribution in [2.45, 2.75) is 57.9 Å². The van der Waals surface area contributed by atoms with Crippen molar-refractivity contribution < 1.29 is 0 Å². The lowest BCUT2D eigenvalue weighted by atomic mass is 10.1. The Morgan fingerprint density at radius 2 is 2.12 bits per heavy atom. The maximum Gasteiger partial charge on any atom is 0.145 e. The van der Waals surface area contributed by atoms with Gasteiger partial charge in [0.15, 0.2) is 0 Å². The molecule has 0 spiro atoms. The Balaban J connectivity index is 2.25. The smallest absolute Gasteiger partial charge is 0.145 e. The van der Waals surface area contributed by atoms with E-state index < -0.39 is 0 Å². The van der Waals surface area contributed by atoms with Gasteiger partial charge in [0, 0.05) is 17.3 Å². The summed E-state index contributed by atoms with van der Waals surface area (Å²) in [5.41, 5.74) is 8.45. The Bertz CT molecular complexity index is 358. The van der Waals surface area contributed by atoms with Crippen LogP contribution in [0.5, 0.6) is 0 Å². The summed E-state index contributed by atoms with van der Waals surface area (Å²) in [6.45, 7) is 4.28. The van der Waals surface area contributed by atoms with E-state index in [0.29, 0.717) is 5.92 Å². The molecule has 0 aromatic carbocycles. The van der Waals surface area contributed by atoms with E-state index in [0.717, 1.165) is 30.8 Å². The lowest BCUT2D eigenvalue weighted by Gasteiger charge is -2.12. The van der Waals surface area contributed by atoms with E-state index in [4.69, 9.17) is 5.73 Å². The summed E-state index contributed by atoms with van der Waals surface area (Å²) in [5.74, 6) is 1.53. The number of nitrogens with zero attached hydrogens (tertiary/aromatic N) is 2. The number of hydrogen-bond acceptors (Lipinski definition) is 3. The summed E-state index contributed by atoms with van der Waals surface area (Å²) in [6.07, 6.45) is 5.58. The van der Waals surface area contributed by atoms with Crippen molar-refractivity contribution >= 4 is 0 Å². The van der Waals surface area contributed by atoms with Crippen LogP contribution in [-0.2, 0) is 6.42 Å². The van der Waals surface area contributed by atoms with Gasteiger partial charge in [-0.05, 0) is 31.7 Å². The van der Waals surface area contributed by atoms with Gasteiger partial charge in [0.05, 0.1) is 6.04 Å². The fourth-order valence-electron chi connectivity index (χ4n) is 1.91. The van der Waals surface area contributed by atoms with Gasteiger partial charge in [0.1, 0.15) is 5.82 Å². The van der Waals surface area contributed by atoms with Crippen LogP contribution in [0, 0.1) is 0 Å². The van der Waals surface area contributed by atoms with Gasteiger partial charge in [-0.15, -0.1) is 0 Å². The molecular formula is C13H21N3. The van der Waals surface area contributed by atoms with E-state index in [2.05, 4.69) is 29.9 Å². The standard InChI is InChI=1S/C13H21N3/c1-3-5-11(14)13-15-10(4-2)8-12(16-13)9-6-7-9/h8-9,11H,3-7,14H2,1-2H3. The molecule has 1 atom stereocenters. The summed E-state index contributed by atoms with van der Waals surface area (Å²) in [5, 5.41) is 0. The van der Waals surface area contributed by atoms with Gasteiger partial charge < -0.3 is 5.73 Å². The molecule has 0 bridgehead atoms. The first-order valence-corrected chi connectivity index (χ1v) is 6.37. The van der Waals surface area contributed by atoms with Gasteiger partial charge in [-0.3, -0.25) is 0 Å². The number of hydrogen-bond donors (Lipinski definition) is 1. The lowest BCUT2D eigenvalue weighted by molar-refractivity contribution is 0.594. The third-order valence-electron chi connectivity index (χ3n) is 3.11. The first-order valence-electron chi connectivity index (χ1n) is 6.37. The van der Waals surface area contributed by atoms with E-state index in [9.17, 15) is 0 Å². The van der Waals surface area contributed by atoms with Crippen molar-refractivity contribution in [2.75, 3.05) is 0 Å². The van der Waals surface area contributed by atoms with Crippen LogP contribution in [0.2, 0.25) is 0 Å². The molecular weight excluding hydrogens is 198 g/mol. The van der Waals surface area contributed by atoms with Crippen molar-refractivity contribution in [3.63, 3.8) is 0 Å². The van der Waals surface area contributed by atoms with Crippen LogP contribution in [0.4, 0.5) is 0 Å². The summed E-state index contributed by atoms with van der Waals surface area (Å²) in [7, 11) is 0. The average molecular weight is 219 g/mol. The third kappa shape index (κ3) is 2.59. The second-order valence-corrected chi connectivity index (χ2v) is 4.67. The molecule has 1 aromatic heterocycles. The van der Waals surface area contributed by atoms with Crippen LogP contribution in [0.15, 0.2) is 6.07 Å². The normalized spacial score (nSPS) is 17.4. The average Bonchev–Trinajstić information content (AvgIpc) is 3.12. The molecule has 16 heavy (non-hydrogen) atoms. The third-order valence-corrected chi connectivity index (χ3v) is 3.11. The highest BCUT2D eigenvalue weighted by molar-refractivity contribution is 5.20. The maximum atomic E-state index is 6.09. The zero-order valence-electron chi connectivity index (χ0n) is 10.2. The van der Waals surface area contributed by atoms with Crippen LogP contribution >= 0.6 is 0 Å². The Kier molecular flexibility index (Phi) is 3.54. The zero-order chi connectivity index (χ0) is 11.5. The molecule has 1 aromatic rings. The minimum atomic E-state index is 0.00833. The molecule has 0 aliphatic heterocycles. The molecule has 0 amide bonds. The molecule has 1 aliphatic rings. The fraction of sp³-hybridized carbons (Fsp3) is 0.692. The molecule has 0 radical (unpaired) electrons. The molecule has 1 unspecified atom stereocenters. The zero-order valence-corrected chi connectivity index (χ0v) is 10.2. The van der Waals surface area contributed by atoms with E-state index in [1.807, 2.05) is 0 Å². The molecule has 2 N–H and O–H groups in total. The van der Waals surface area contributed by atoms with Crippen LogP contribution in [0.1, 0.15) is 68.7 Å². The molecule has 1 fully saturated rings. The van der Waals surface area contributed by atoms with E-state index in [-0.39, 0.29) is 6.04 Å². The van der Waals surface area contributed by atoms with Crippen molar-refractivity contribution in [2.24, 2.45) is 5.73 Å². The predicted molar refractivity (Wildman–Crippen MR) is 65.2 cm³/mol. The first kappa shape index (κ1) is 11.5. The predicted octanol–water partition coefficient (Wildman–Crippen LogP) is 2.72. The van der Waals surface area contributed by atoms with Crippen molar-refractivity contribution in [1.29, 1.82) is 0 Å². The number of rotatable bonds is 5.